The van der Waals surface area contributed by atoms with E-state index in [1.165, 1.54) is 0 Å². The summed E-state index contributed by atoms with van der Waals surface area (Å²) in [5.74, 6) is -0.402. The van der Waals surface area contributed by atoms with Crippen molar-refractivity contribution in [3.05, 3.63) is 95.6 Å². The van der Waals surface area contributed by atoms with Gasteiger partial charge in [0.15, 0.2) is 5.17 Å². The van der Waals surface area contributed by atoms with E-state index in [0.717, 1.165) is 22.9 Å². The molecule has 0 aliphatic carbocycles. The summed E-state index contributed by atoms with van der Waals surface area (Å²) < 4.78 is 11.8. The third kappa shape index (κ3) is 6.36. The van der Waals surface area contributed by atoms with Gasteiger partial charge >= 0.3 is 5.97 Å². The van der Waals surface area contributed by atoms with Crippen LogP contribution in [0.4, 0.5) is 0 Å². The quantitative estimate of drug-likeness (QED) is 0.523. The first-order chi connectivity index (χ1) is 16.1. The highest BCUT2D eigenvalue weighted by atomic mass is 32.2. The van der Waals surface area contributed by atoms with E-state index in [1.807, 2.05) is 60.7 Å². The number of amidine groups is 1. The van der Waals surface area contributed by atoms with Crippen molar-refractivity contribution in [2.45, 2.75) is 18.5 Å². The lowest BCUT2D eigenvalue weighted by atomic mass is 10.2. The Morgan fingerprint density at radius 1 is 0.909 bits per heavy atom. The monoisotopic (exact) mass is 462 g/mol. The van der Waals surface area contributed by atoms with Gasteiger partial charge < -0.3 is 19.9 Å². The van der Waals surface area contributed by atoms with Crippen LogP contribution >= 0.6 is 11.8 Å². The second-order valence-corrected chi connectivity index (χ2v) is 8.48. The first-order valence-electron chi connectivity index (χ1n) is 10.3. The lowest BCUT2D eigenvalue weighted by Gasteiger charge is -2.13. The molecule has 0 radical (unpaired) electrons. The highest BCUT2D eigenvalue weighted by molar-refractivity contribution is 8.15. The molecule has 1 unspecified atom stereocenters. The Kier molecular flexibility index (Phi) is 7.26. The summed E-state index contributed by atoms with van der Waals surface area (Å²) in [5, 5.41) is 11.4. The van der Waals surface area contributed by atoms with E-state index in [0.29, 0.717) is 30.3 Å². The number of carboxylic acids is 1. The molecule has 0 aromatic heterocycles. The number of amides is 1. The number of carboxylic acid groups (broad SMARTS) is 1. The fourth-order valence-electron chi connectivity index (χ4n) is 3.09. The van der Waals surface area contributed by atoms with Gasteiger partial charge in [0.05, 0.1) is 6.54 Å². The van der Waals surface area contributed by atoms with E-state index in [-0.39, 0.29) is 11.7 Å². The minimum absolute atomic E-state index is 0.126. The number of ether oxygens (including phenoxy) is 2. The molecule has 1 amide bonds. The number of aliphatic carboxylic acids is 1. The highest BCUT2D eigenvalue weighted by Crippen LogP contribution is 2.26. The summed E-state index contributed by atoms with van der Waals surface area (Å²) >= 11 is 1.02. The van der Waals surface area contributed by atoms with Gasteiger partial charge in [-0.25, -0.2) is 0 Å². The summed E-state index contributed by atoms with van der Waals surface area (Å²) in [4.78, 5) is 28.1. The summed E-state index contributed by atoms with van der Waals surface area (Å²) in [7, 11) is 0. The van der Waals surface area contributed by atoms with Crippen molar-refractivity contribution in [3.8, 4) is 11.5 Å². The Hall–Kier alpha value is -3.78. The van der Waals surface area contributed by atoms with Gasteiger partial charge in [0.25, 0.3) is 5.91 Å². The molecule has 0 bridgehead atoms. The number of hydrogen-bond acceptors (Lipinski definition) is 6. The number of benzene rings is 3. The largest absolute Gasteiger partial charge is 0.489 e. The molecule has 33 heavy (non-hydrogen) atoms. The van der Waals surface area contributed by atoms with E-state index < -0.39 is 17.1 Å². The van der Waals surface area contributed by atoms with Gasteiger partial charge in [0.2, 0.25) is 0 Å². The average molecular weight is 463 g/mol. The first-order valence-corrected chi connectivity index (χ1v) is 11.2. The zero-order chi connectivity index (χ0) is 23.0. The van der Waals surface area contributed by atoms with Gasteiger partial charge in [0, 0.05) is 11.6 Å². The Bertz CT molecular complexity index is 1090. The lowest BCUT2D eigenvalue weighted by Crippen LogP contribution is -2.28. The third-order valence-electron chi connectivity index (χ3n) is 4.79. The van der Waals surface area contributed by atoms with Crippen LogP contribution in [0.1, 0.15) is 21.5 Å². The normalized spacial score (nSPS) is 14.9. The number of carbonyl (C=O) groups excluding carboxylic acids is 1. The molecule has 1 atom stereocenters. The average Bonchev–Trinajstić information content (AvgIpc) is 3.31. The first kappa shape index (κ1) is 22.4. The van der Waals surface area contributed by atoms with Crippen LogP contribution in [0.5, 0.6) is 11.5 Å². The van der Waals surface area contributed by atoms with Crippen molar-refractivity contribution in [1.82, 2.24) is 5.32 Å². The Labute approximate surface area is 195 Å². The number of hydrogen-bond donors (Lipinski definition) is 2. The fourth-order valence-corrected chi connectivity index (χ4v) is 3.91. The third-order valence-corrected chi connectivity index (χ3v) is 5.88. The van der Waals surface area contributed by atoms with Gasteiger partial charge in [-0.05, 0) is 23.3 Å². The molecule has 4 rings (SSSR count). The molecule has 0 fully saturated rings. The lowest BCUT2D eigenvalue weighted by molar-refractivity contribution is -0.136. The van der Waals surface area contributed by atoms with Crippen LogP contribution in [0.15, 0.2) is 83.9 Å². The summed E-state index contributed by atoms with van der Waals surface area (Å²) in [6.07, 6.45) is 0. The van der Waals surface area contributed by atoms with E-state index in [2.05, 4.69) is 10.3 Å². The second kappa shape index (κ2) is 10.7. The van der Waals surface area contributed by atoms with E-state index in [9.17, 15) is 9.59 Å². The molecule has 1 heterocycles. The zero-order valence-electron chi connectivity index (χ0n) is 17.6. The molecule has 1 aliphatic heterocycles. The minimum Gasteiger partial charge on any atom is -0.489 e. The number of thioether (sulfide) groups is 1. The van der Waals surface area contributed by atoms with Gasteiger partial charge in [0.1, 0.15) is 30.0 Å². The van der Waals surface area contributed by atoms with Crippen molar-refractivity contribution in [2.24, 2.45) is 4.99 Å². The van der Waals surface area contributed by atoms with E-state index >= 15 is 0 Å². The maximum absolute atomic E-state index is 12.9. The van der Waals surface area contributed by atoms with Crippen LogP contribution < -0.4 is 14.8 Å². The number of aliphatic imine (C=N–C) groups is 1. The van der Waals surface area contributed by atoms with Crippen molar-refractivity contribution in [3.63, 3.8) is 0 Å². The Morgan fingerprint density at radius 2 is 1.45 bits per heavy atom. The molecule has 3 aromatic rings. The molecule has 168 valence electrons. The molecule has 3 aromatic carbocycles. The standard InChI is InChI=1S/C25H22N2O5S/c28-23(27-25-26-14-22(33-25)24(29)30)19-11-20(31-15-17-7-3-1-4-8-17)13-21(12-19)32-16-18-9-5-2-6-10-18/h1-13,22H,14-16H2,(H,29,30)(H,26,27,28). The maximum atomic E-state index is 12.9. The second-order valence-electron chi connectivity index (χ2n) is 7.29. The number of carbonyl (C=O) groups is 2. The summed E-state index contributed by atoms with van der Waals surface area (Å²) in [6, 6.07) is 24.4. The van der Waals surface area contributed by atoms with E-state index in [1.54, 1.807) is 18.2 Å². The van der Waals surface area contributed by atoms with E-state index in [4.69, 9.17) is 14.6 Å². The Morgan fingerprint density at radius 3 is 1.94 bits per heavy atom. The number of nitrogens with zero attached hydrogens (tertiary/aromatic N) is 1. The van der Waals surface area contributed by atoms with Crippen LogP contribution in [0.2, 0.25) is 0 Å². The molecule has 2 N–H and O–H groups in total. The predicted octanol–water partition coefficient (Wildman–Crippen LogP) is 4.13. The predicted molar refractivity (Wildman–Crippen MR) is 127 cm³/mol. The van der Waals surface area contributed by atoms with Crippen LogP contribution in [0.3, 0.4) is 0 Å². The number of nitrogens with one attached hydrogen (secondary N) is 1. The smallest absolute Gasteiger partial charge is 0.319 e. The highest BCUT2D eigenvalue weighted by Gasteiger charge is 2.27. The topological polar surface area (TPSA) is 97.2 Å². The van der Waals surface area contributed by atoms with Gasteiger partial charge in [-0.2, -0.15) is 0 Å². The van der Waals surface area contributed by atoms with Gasteiger partial charge in [-0.3, -0.25) is 14.6 Å². The van der Waals surface area contributed by atoms with Crippen molar-refractivity contribution < 1.29 is 24.2 Å². The SMILES string of the molecule is O=C(NC1=NCC(C(=O)O)S1)c1cc(OCc2ccccc2)cc(OCc2ccccc2)c1. The maximum Gasteiger partial charge on any atom is 0.319 e. The summed E-state index contributed by atoms with van der Waals surface area (Å²) in [6.45, 7) is 0.807. The van der Waals surface area contributed by atoms with Crippen molar-refractivity contribution >= 4 is 28.8 Å². The molecular weight excluding hydrogens is 440 g/mol. The van der Waals surface area contributed by atoms with Crippen molar-refractivity contribution in [1.29, 1.82) is 0 Å². The molecule has 1 aliphatic rings. The zero-order valence-corrected chi connectivity index (χ0v) is 18.5. The van der Waals surface area contributed by atoms with Crippen LogP contribution in [0, 0.1) is 0 Å². The summed E-state index contributed by atoms with van der Waals surface area (Å²) in [5.41, 5.74) is 2.32. The molecule has 0 saturated carbocycles. The fraction of sp³-hybridized carbons (Fsp3) is 0.160. The van der Waals surface area contributed by atoms with Crippen LogP contribution in [-0.2, 0) is 18.0 Å². The molecule has 0 spiro atoms. The molecule has 7 nitrogen and oxygen atoms in total. The molecule has 0 saturated heterocycles. The van der Waals surface area contributed by atoms with Crippen LogP contribution in [-0.4, -0.2) is 33.9 Å². The van der Waals surface area contributed by atoms with Gasteiger partial charge in [-0.15, -0.1) is 0 Å². The van der Waals surface area contributed by atoms with Crippen LogP contribution in [0.25, 0.3) is 0 Å². The van der Waals surface area contributed by atoms with Crippen molar-refractivity contribution in [2.75, 3.05) is 6.54 Å². The number of rotatable bonds is 8. The molecular formula is C25H22N2O5S. The Balaban J connectivity index is 1.50. The minimum atomic E-state index is -0.957. The molecule has 8 heteroatoms. The van der Waals surface area contributed by atoms with Gasteiger partial charge in [-0.1, -0.05) is 72.4 Å².